The normalized spacial score (nSPS) is 10.8. The van der Waals surface area contributed by atoms with Gasteiger partial charge < -0.3 is 15.0 Å². The number of rotatable bonds is 7. The zero-order valence-electron chi connectivity index (χ0n) is 15.5. The molecule has 2 heterocycles. The summed E-state index contributed by atoms with van der Waals surface area (Å²) in [4.78, 5) is 44.0. The molecule has 0 fully saturated rings. The van der Waals surface area contributed by atoms with Gasteiger partial charge in [-0.2, -0.15) is 0 Å². The molecule has 0 aliphatic heterocycles. The van der Waals surface area contributed by atoms with E-state index in [2.05, 4.69) is 15.3 Å². The first-order valence-corrected chi connectivity index (χ1v) is 9.71. The molecule has 0 aliphatic carbocycles. The van der Waals surface area contributed by atoms with Crippen LogP contribution in [-0.4, -0.2) is 45.3 Å². The third-order valence-corrected chi connectivity index (χ3v) is 4.78. The lowest BCUT2D eigenvalue weighted by Gasteiger charge is -2.12. The van der Waals surface area contributed by atoms with E-state index < -0.39 is 5.97 Å². The van der Waals surface area contributed by atoms with Gasteiger partial charge in [0.05, 0.1) is 23.6 Å². The second kappa shape index (κ2) is 8.75. The molecule has 0 aliphatic rings. The van der Waals surface area contributed by atoms with E-state index in [1.54, 1.807) is 25.1 Å². The lowest BCUT2D eigenvalue weighted by atomic mass is 10.3. The summed E-state index contributed by atoms with van der Waals surface area (Å²) in [6.07, 6.45) is 0. The van der Waals surface area contributed by atoms with Crippen LogP contribution in [-0.2, 0) is 14.3 Å². The Kier molecular flexibility index (Phi) is 6.15. The number of esters is 1. The van der Waals surface area contributed by atoms with E-state index in [4.69, 9.17) is 4.74 Å². The van der Waals surface area contributed by atoms with Crippen molar-refractivity contribution in [2.45, 2.75) is 19.0 Å². The third-order valence-electron chi connectivity index (χ3n) is 3.84. The molecule has 0 spiro atoms. The molecule has 0 saturated heterocycles. The predicted octanol–water partition coefficient (Wildman–Crippen LogP) is 1.79. The van der Waals surface area contributed by atoms with Crippen molar-refractivity contribution < 1.29 is 14.3 Å². The SMILES string of the molecule is CCOC(=O)CNC(=O)CSc1nc2cc(C)[nH]c2c(=O)n1-c1ccccc1. The van der Waals surface area contributed by atoms with Crippen LogP contribution < -0.4 is 10.9 Å². The highest BCUT2D eigenvalue weighted by Gasteiger charge is 2.16. The van der Waals surface area contributed by atoms with E-state index in [9.17, 15) is 14.4 Å². The smallest absolute Gasteiger partial charge is 0.325 e. The molecule has 0 atom stereocenters. The molecule has 146 valence electrons. The number of nitrogens with zero attached hydrogens (tertiary/aromatic N) is 2. The van der Waals surface area contributed by atoms with Gasteiger partial charge in [-0.3, -0.25) is 19.0 Å². The van der Waals surface area contributed by atoms with Gasteiger partial charge in [-0.15, -0.1) is 0 Å². The molecule has 0 bridgehead atoms. The summed E-state index contributed by atoms with van der Waals surface area (Å²) in [5, 5.41) is 2.89. The number of thioether (sulfide) groups is 1. The highest BCUT2D eigenvalue weighted by molar-refractivity contribution is 7.99. The fourth-order valence-corrected chi connectivity index (χ4v) is 3.49. The maximum atomic E-state index is 13.0. The minimum absolute atomic E-state index is 0.00753. The van der Waals surface area contributed by atoms with E-state index >= 15 is 0 Å². The first kappa shape index (κ1) is 19.7. The first-order valence-electron chi connectivity index (χ1n) is 8.72. The number of aryl methyl sites for hydroxylation is 1. The second-order valence-electron chi connectivity index (χ2n) is 5.95. The molecule has 1 amide bonds. The molecular weight excluding hydrogens is 380 g/mol. The highest BCUT2D eigenvalue weighted by atomic mass is 32.2. The van der Waals surface area contributed by atoms with Crippen LogP contribution in [0.25, 0.3) is 16.7 Å². The Hall–Kier alpha value is -3.07. The van der Waals surface area contributed by atoms with Crippen LogP contribution in [0.4, 0.5) is 0 Å². The van der Waals surface area contributed by atoms with Crippen LogP contribution in [0.5, 0.6) is 0 Å². The van der Waals surface area contributed by atoms with E-state index in [1.165, 1.54) is 4.57 Å². The monoisotopic (exact) mass is 400 g/mol. The van der Waals surface area contributed by atoms with E-state index in [1.807, 2.05) is 25.1 Å². The lowest BCUT2D eigenvalue weighted by Crippen LogP contribution is -2.32. The molecule has 28 heavy (non-hydrogen) atoms. The molecule has 8 nitrogen and oxygen atoms in total. The number of hydrogen-bond donors (Lipinski definition) is 2. The number of para-hydroxylation sites is 1. The summed E-state index contributed by atoms with van der Waals surface area (Å²) < 4.78 is 6.25. The fraction of sp³-hybridized carbons (Fsp3) is 0.263. The van der Waals surface area contributed by atoms with Gasteiger partial charge >= 0.3 is 5.97 Å². The first-order chi connectivity index (χ1) is 13.5. The van der Waals surface area contributed by atoms with Crippen LogP contribution in [0.2, 0.25) is 0 Å². The van der Waals surface area contributed by atoms with E-state index in [0.717, 1.165) is 17.5 Å². The van der Waals surface area contributed by atoms with Crippen molar-refractivity contribution >= 4 is 34.7 Å². The Labute approximate surface area is 165 Å². The van der Waals surface area contributed by atoms with Crippen molar-refractivity contribution in [1.29, 1.82) is 0 Å². The largest absolute Gasteiger partial charge is 0.465 e. The molecule has 0 saturated carbocycles. The lowest BCUT2D eigenvalue weighted by molar-refractivity contribution is -0.143. The molecule has 2 N–H and O–H groups in total. The van der Waals surface area contributed by atoms with Crippen molar-refractivity contribution in [3.05, 3.63) is 52.4 Å². The molecule has 2 aromatic heterocycles. The number of amides is 1. The second-order valence-corrected chi connectivity index (χ2v) is 6.90. The molecule has 0 unspecified atom stereocenters. The molecule has 0 radical (unpaired) electrons. The Balaban J connectivity index is 1.86. The molecular formula is C19H20N4O4S. The number of fused-ring (bicyclic) bond motifs is 1. The number of H-pyrrole nitrogens is 1. The van der Waals surface area contributed by atoms with Gasteiger partial charge in [-0.1, -0.05) is 30.0 Å². The van der Waals surface area contributed by atoms with Crippen LogP contribution in [0.15, 0.2) is 46.3 Å². The Morgan fingerprint density at radius 3 is 2.75 bits per heavy atom. The molecule has 1 aromatic carbocycles. The Morgan fingerprint density at radius 2 is 2.04 bits per heavy atom. The molecule has 9 heteroatoms. The van der Waals surface area contributed by atoms with Gasteiger partial charge in [0.2, 0.25) is 5.91 Å². The van der Waals surface area contributed by atoms with Gasteiger partial charge in [0.25, 0.3) is 5.56 Å². The van der Waals surface area contributed by atoms with Crippen LogP contribution in [0, 0.1) is 6.92 Å². The number of carbonyl (C=O) groups excluding carboxylic acids is 2. The van der Waals surface area contributed by atoms with Gasteiger partial charge in [-0.25, -0.2) is 4.98 Å². The van der Waals surface area contributed by atoms with Crippen LogP contribution in [0.1, 0.15) is 12.6 Å². The number of hydrogen-bond acceptors (Lipinski definition) is 6. The number of aromatic nitrogens is 3. The highest BCUT2D eigenvalue weighted by Crippen LogP contribution is 2.21. The summed E-state index contributed by atoms with van der Waals surface area (Å²) in [5.41, 5.74) is 2.21. The summed E-state index contributed by atoms with van der Waals surface area (Å²) in [5.74, 6) is -0.838. The minimum Gasteiger partial charge on any atom is -0.465 e. The molecule has 3 rings (SSSR count). The van der Waals surface area contributed by atoms with Crippen LogP contribution in [0.3, 0.4) is 0 Å². The minimum atomic E-state index is -0.496. The quantitative estimate of drug-likeness (QED) is 0.356. The summed E-state index contributed by atoms with van der Waals surface area (Å²) in [6.45, 7) is 3.61. The maximum absolute atomic E-state index is 13.0. The summed E-state index contributed by atoms with van der Waals surface area (Å²) >= 11 is 1.13. The number of nitrogens with one attached hydrogen (secondary N) is 2. The number of ether oxygens (including phenoxy) is 1. The van der Waals surface area contributed by atoms with Crippen molar-refractivity contribution in [3.8, 4) is 5.69 Å². The maximum Gasteiger partial charge on any atom is 0.325 e. The summed E-state index contributed by atoms with van der Waals surface area (Å²) in [6, 6.07) is 10.9. The standard InChI is InChI=1S/C19H20N4O4S/c1-3-27-16(25)10-20-15(24)11-28-19-22-14-9-12(2)21-17(14)18(26)23(19)13-7-5-4-6-8-13/h4-9,21H,3,10-11H2,1-2H3,(H,20,24). The Bertz CT molecular complexity index is 1060. The van der Waals surface area contributed by atoms with Gasteiger partial charge in [-0.05, 0) is 32.0 Å². The average molecular weight is 400 g/mol. The number of aromatic amines is 1. The van der Waals surface area contributed by atoms with Crippen LogP contribution >= 0.6 is 11.8 Å². The summed E-state index contributed by atoms with van der Waals surface area (Å²) in [7, 11) is 0. The van der Waals surface area contributed by atoms with Gasteiger partial charge in [0.15, 0.2) is 5.16 Å². The van der Waals surface area contributed by atoms with Crippen molar-refractivity contribution in [1.82, 2.24) is 19.9 Å². The number of carbonyl (C=O) groups is 2. The fourth-order valence-electron chi connectivity index (χ4n) is 2.64. The number of benzene rings is 1. The van der Waals surface area contributed by atoms with Gasteiger partial charge in [0, 0.05) is 5.69 Å². The zero-order valence-corrected chi connectivity index (χ0v) is 16.3. The topological polar surface area (TPSA) is 106 Å². The third kappa shape index (κ3) is 4.42. The van der Waals surface area contributed by atoms with Crippen molar-refractivity contribution in [2.24, 2.45) is 0 Å². The van der Waals surface area contributed by atoms with Crippen molar-refractivity contribution in [3.63, 3.8) is 0 Å². The zero-order chi connectivity index (χ0) is 20.1. The van der Waals surface area contributed by atoms with Gasteiger partial charge in [0.1, 0.15) is 12.1 Å². The average Bonchev–Trinajstić information content (AvgIpc) is 3.06. The van der Waals surface area contributed by atoms with Crippen molar-refractivity contribution in [2.75, 3.05) is 18.9 Å². The predicted molar refractivity (Wildman–Crippen MR) is 107 cm³/mol. The van der Waals surface area contributed by atoms with E-state index in [0.29, 0.717) is 21.9 Å². The van der Waals surface area contributed by atoms with E-state index in [-0.39, 0.29) is 30.4 Å². The Morgan fingerprint density at radius 1 is 1.29 bits per heavy atom. The molecule has 3 aromatic rings.